The second kappa shape index (κ2) is 3.78. The minimum absolute atomic E-state index is 1.40. The molecule has 0 saturated carbocycles. The van der Waals surface area contributed by atoms with E-state index in [1.54, 1.807) is 0 Å². The average Bonchev–Trinajstić information content (AvgIpc) is 3.56. The molecule has 132 valence electrons. The zero-order chi connectivity index (χ0) is 18.9. The van der Waals surface area contributed by atoms with Gasteiger partial charge >= 0.3 is 0 Å². The lowest BCUT2D eigenvalue weighted by Gasteiger charge is -2.11. The number of hydrogen-bond acceptors (Lipinski definition) is 0. The van der Waals surface area contributed by atoms with Crippen molar-refractivity contribution < 1.29 is 0 Å². The lowest BCUT2D eigenvalue weighted by molar-refractivity contribution is 2.05. The van der Waals surface area contributed by atoms with Crippen LogP contribution in [0.15, 0.2) is 72.8 Å². The third-order valence-electron chi connectivity index (χ3n) is 8.17. The summed E-state index contributed by atoms with van der Waals surface area (Å²) in [5, 5.41) is 26.0. The molecule has 0 aliphatic heterocycles. The topological polar surface area (TPSA) is 0 Å². The van der Waals surface area contributed by atoms with E-state index in [4.69, 9.17) is 0 Å². The maximum absolute atomic E-state index is 2.48. The minimum atomic E-state index is 1.40. The van der Waals surface area contributed by atoms with Crippen LogP contribution in [0.1, 0.15) is 0 Å². The second-order valence-electron chi connectivity index (χ2n) is 9.22. The number of rotatable bonds is 0. The van der Waals surface area contributed by atoms with Gasteiger partial charge in [-0.3, -0.25) is 0 Å². The summed E-state index contributed by atoms with van der Waals surface area (Å²) in [6.45, 7) is 0. The van der Waals surface area contributed by atoms with Crippen LogP contribution in [0.4, 0.5) is 0 Å². The molecule has 0 unspecified atom stereocenters. The summed E-state index contributed by atoms with van der Waals surface area (Å²) < 4.78 is 0. The maximum Gasteiger partial charge on any atom is -0.000695 e. The van der Waals surface area contributed by atoms with Gasteiger partial charge in [-0.05, 0) is 115 Å². The SMILES string of the molecule is c1cc2c(c1)c1cc3c4cccc4c4cc5c6cccc6c6cc2c2c6c5c4c3c12. The van der Waals surface area contributed by atoms with E-state index in [0.717, 1.165) is 0 Å². The lowest BCUT2D eigenvalue weighted by atomic mass is 9.91. The van der Waals surface area contributed by atoms with Gasteiger partial charge < -0.3 is 0 Å². The van der Waals surface area contributed by atoms with Gasteiger partial charge in [0.2, 0.25) is 0 Å². The molecular formula is C30H12. The molecule has 0 radical (unpaired) electrons. The van der Waals surface area contributed by atoms with E-state index in [9.17, 15) is 0 Å². The van der Waals surface area contributed by atoms with Gasteiger partial charge in [0.05, 0.1) is 0 Å². The van der Waals surface area contributed by atoms with Crippen molar-refractivity contribution in [1.82, 2.24) is 0 Å². The lowest BCUT2D eigenvalue weighted by Crippen LogP contribution is -1.81. The van der Waals surface area contributed by atoms with Gasteiger partial charge in [-0.2, -0.15) is 0 Å². The van der Waals surface area contributed by atoms with Crippen molar-refractivity contribution in [2.45, 2.75) is 0 Å². The van der Waals surface area contributed by atoms with Crippen LogP contribution in [0.25, 0.3) is 97.0 Å². The highest BCUT2D eigenvalue weighted by Crippen LogP contribution is 2.57. The summed E-state index contributed by atoms with van der Waals surface area (Å²) >= 11 is 0. The van der Waals surface area contributed by atoms with E-state index in [1.165, 1.54) is 97.0 Å². The Balaban J connectivity index is 1.83. The maximum atomic E-state index is 2.48. The summed E-state index contributed by atoms with van der Waals surface area (Å²) in [6, 6.07) is 28.0. The third-order valence-corrected chi connectivity index (χ3v) is 8.17. The number of fused-ring (bicyclic) bond motifs is 9. The average molecular weight is 372 g/mol. The second-order valence-corrected chi connectivity index (χ2v) is 9.22. The Kier molecular flexibility index (Phi) is 1.68. The van der Waals surface area contributed by atoms with Crippen LogP contribution in [-0.2, 0) is 0 Å². The van der Waals surface area contributed by atoms with Gasteiger partial charge in [-0.25, -0.2) is 0 Å². The van der Waals surface area contributed by atoms with E-state index in [1.807, 2.05) is 0 Å². The fraction of sp³-hybridized carbons (Fsp3) is 0. The van der Waals surface area contributed by atoms with Crippen LogP contribution < -0.4 is 0 Å². The zero-order valence-electron chi connectivity index (χ0n) is 15.9. The van der Waals surface area contributed by atoms with Gasteiger partial charge in [-0.1, -0.05) is 54.6 Å². The quantitative estimate of drug-likeness (QED) is 0.234. The summed E-state index contributed by atoms with van der Waals surface area (Å²) in [5.41, 5.74) is 0. The molecule has 10 rings (SSSR count). The molecule has 0 heteroatoms. The number of benzene rings is 4. The molecular weight excluding hydrogens is 360 g/mol. The van der Waals surface area contributed by atoms with Crippen molar-refractivity contribution in [2.75, 3.05) is 0 Å². The molecule has 0 spiro atoms. The van der Waals surface area contributed by atoms with E-state index >= 15 is 0 Å². The molecule has 0 aliphatic carbocycles. The molecule has 0 fully saturated rings. The van der Waals surface area contributed by atoms with Crippen molar-refractivity contribution in [3.63, 3.8) is 0 Å². The Morgan fingerprint density at radius 3 is 0.633 bits per heavy atom. The van der Waals surface area contributed by atoms with Gasteiger partial charge in [0.1, 0.15) is 0 Å². The van der Waals surface area contributed by atoms with Crippen molar-refractivity contribution in [3.8, 4) is 0 Å². The Morgan fingerprint density at radius 1 is 0.233 bits per heavy atom. The molecule has 0 aromatic heterocycles. The number of hydrogen-bond donors (Lipinski definition) is 0. The molecule has 0 nitrogen and oxygen atoms in total. The van der Waals surface area contributed by atoms with E-state index in [2.05, 4.69) is 72.8 Å². The van der Waals surface area contributed by atoms with Crippen LogP contribution in [0.3, 0.4) is 0 Å². The van der Waals surface area contributed by atoms with Crippen LogP contribution in [0.5, 0.6) is 0 Å². The first-order valence-electron chi connectivity index (χ1n) is 10.7. The fourth-order valence-electron chi connectivity index (χ4n) is 7.18. The molecule has 0 saturated heterocycles. The van der Waals surface area contributed by atoms with Crippen LogP contribution >= 0.6 is 0 Å². The highest BCUT2D eigenvalue weighted by molar-refractivity contribution is 6.56. The van der Waals surface area contributed by atoms with E-state index in [0.29, 0.717) is 0 Å². The molecule has 0 amide bonds. The normalized spacial score (nSPS) is 14.0. The van der Waals surface area contributed by atoms with Gasteiger partial charge in [0.15, 0.2) is 0 Å². The highest BCUT2D eigenvalue weighted by Gasteiger charge is 2.28. The van der Waals surface area contributed by atoms with Crippen LogP contribution in [0, 0.1) is 0 Å². The Morgan fingerprint density at radius 2 is 0.433 bits per heavy atom. The molecule has 0 atom stereocenters. The van der Waals surface area contributed by atoms with Gasteiger partial charge in [0, 0.05) is 0 Å². The molecule has 10 aromatic rings. The predicted molar refractivity (Wildman–Crippen MR) is 131 cm³/mol. The summed E-state index contributed by atoms with van der Waals surface area (Å²) in [5.74, 6) is 0. The Bertz CT molecular complexity index is 1810. The molecule has 0 aliphatic rings. The van der Waals surface area contributed by atoms with Crippen LogP contribution in [0.2, 0.25) is 0 Å². The van der Waals surface area contributed by atoms with Crippen molar-refractivity contribution in [2.24, 2.45) is 0 Å². The minimum Gasteiger partial charge on any atom is -0.0610 e. The smallest absolute Gasteiger partial charge is 0.000695 e. The predicted octanol–water partition coefficient (Wildman–Crippen LogP) is 8.69. The summed E-state index contributed by atoms with van der Waals surface area (Å²) in [7, 11) is 0. The van der Waals surface area contributed by atoms with Crippen molar-refractivity contribution >= 4 is 97.0 Å². The first-order valence-corrected chi connectivity index (χ1v) is 10.7. The first kappa shape index (κ1) is 13.3. The van der Waals surface area contributed by atoms with Gasteiger partial charge in [-0.15, -0.1) is 0 Å². The van der Waals surface area contributed by atoms with E-state index in [-0.39, 0.29) is 0 Å². The third kappa shape index (κ3) is 1.06. The zero-order valence-corrected chi connectivity index (χ0v) is 15.9. The monoisotopic (exact) mass is 372 g/mol. The summed E-state index contributed by atoms with van der Waals surface area (Å²) in [4.78, 5) is 0. The molecule has 0 bridgehead atoms. The first-order chi connectivity index (χ1) is 14.9. The highest BCUT2D eigenvalue weighted by atomic mass is 14.3. The molecule has 0 heterocycles. The summed E-state index contributed by atoms with van der Waals surface area (Å²) in [6.07, 6.45) is 0. The van der Waals surface area contributed by atoms with Crippen LogP contribution in [-0.4, -0.2) is 0 Å². The largest absolute Gasteiger partial charge is 0.0610 e. The Labute approximate surface area is 169 Å². The molecule has 0 N–H and O–H groups in total. The van der Waals surface area contributed by atoms with Crippen molar-refractivity contribution in [1.29, 1.82) is 0 Å². The Hall–Kier alpha value is -3.90. The fourth-order valence-corrected chi connectivity index (χ4v) is 7.18. The van der Waals surface area contributed by atoms with E-state index < -0.39 is 0 Å². The molecule has 10 aromatic carbocycles. The van der Waals surface area contributed by atoms with Gasteiger partial charge in [0.25, 0.3) is 0 Å². The molecule has 30 heavy (non-hydrogen) atoms. The van der Waals surface area contributed by atoms with Crippen molar-refractivity contribution in [3.05, 3.63) is 72.8 Å². The standard InChI is InChI=1S/C30H12/c1-4-13-14(5-1)20-11-22-16-7-3-9-18(16)24-12-23-17-8-2-6-15(17)21-10-19(13)25-26(20)28(22)30(24)29(23)27(21)25/h1-12H.